The minimum Gasteiger partial charge on any atom is -0.465 e. The number of nitrogens with zero attached hydrogens (tertiary/aromatic N) is 4. The van der Waals surface area contributed by atoms with Gasteiger partial charge in [0.2, 0.25) is 11.8 Å². The van der Waals surface area contributed by atoms with E-state index in [1.807, 2.05) is 30.3 Å². The van der Waals surface area contributed by atoms with Crippen LogP contribution in [0.25, 0.3) is 0 Å². The van der Waals surface area contributed by atoms with Gasteiger partial charge in [-0.25, -0.2) is 4.79 Å². The summed E-state index contributed by atoms with van der Waals surface area (Å²) in [5, 5.41) is 12.7. The summed E-state index contributed by atoms with van der Waals surface area (Å²) in [6.07, 6.45) is 3.03. The van der Waals surface area contributed by atoms with Gasteiger partial charge >= 0.3 is 6.09 Å². The number of nitrogens with one attached hydrogen (secondary N) is 1. The van der Waals surface area contributed by atoms with E-state index in [-0.39, 0.29) is 24.3 Å². The number of pyridine rings is 1. The molecular formula is C27H33N5O5. The van der Waals surface area contributed by atoms with Crippen molar-refractivity contribution in [3.05, 3.63) is 78.6 Å². The summed E-state index contributed by atoms with van der Waals surface area (Å²) in [7, 11) is 0. The highest BCUT2D eigenvalue weighted by molar-refractivity contribution is 5.92. The first-order valence-corrected chi connectivity index (χ1v) is 12.3. The zero-order chi connectivity index (χ0) is 26.6. The molecular weight excluding hydrogens is 474 g/mol. The molecule has 37 heavy (non-hydrogen) atoms. The van der Waals surface area contributed by atoms with Crippen molar-refractivity contribution in [2.45, 2.75) is 31.8 Å². The Morgan fingerprint density at radius 1 is 1.00 bits per heavy atom. The van der Waals surface area contributed by atoms with Gasteiger partial charge in [-0.05, 0) is 43.0 Å². The molecule has 1 fully saturated rings. The highest BCUT2D eigenvalue weighted by Crippen LogP contribution is 2.18. The molecule has 1 aliphatic heterocycles. The van der Waals surface area contributed by atoms with Crippen molar-refractivity contribution in [1.82, 2.24) is 25.0 Å². The first-order valence-electron chi connectivity index (χ1n) is 12.3. The second-order valence-electron chi connectivity index (χ2n) is 8.74. The van der Waals surface area contributed by atoms with E-state index in [4.69, 9.17) is 0 Å². The summed E-state index contributed by atoms with van der Waals surface area (Å²) in [4.78, 5) is 58.6. The molecule has 4 amide bonds. The summed E-state index contributed by atoms with van der Waals surface area (Å²) >= 11 is 0. The van der Waals surface area contributed by atoms with Gasteiger partial charge in [-0.1, -0.05) is 43.0 Å². The minimum absolute atomic E-state index is 0.0813. The number of piperazine rings is 1. The summed E-state index contributed by atoms with van der Waals surface area (Å²) in [6, 6.07) is 13.4. The largest absolute Gasteiger partial charge is 0.465 e. The second kappa shape index (κ2) is 13.8. The zero-order valence-corrected chi connectivity index (χ0v) is 20.8. The molecule has 1 aromatic heterocycles. The van der Waals surface area contributed by atoms with Crippen LogP contribution in [-0.4, -0.2) is 87.4 Å². The number of aromatic nitrogens is 1. The van der Waals surface area contributed by atoms with Crippen molar-refractivity contribution in [2.24, 2.45) is 0 Å². The molecule has 0 aliphatic carbocycles. The molecule has 3 rings (SSSR count). The standard InChI is InChI=1S/C27H33N5O5/c1-2-24(33)29-15-9-7-13-23(32(27(36)37)20-21-10-4-3-5-11-21)26(35)31-18-16-30(17-19-31)25(34)22-12-6-8-14-28-22/h2-6,8,10-12,14,23H,1,7,9,13,15-20H2,(H,29,33)(H,36,37)/t23-/m0/s1. The Morgan fingerprint density at radius 2 is 1.68 bits per heavy atom. The van der Waals surface area contributed by atoms with Crippen LogP contribution in [0.3, 0.4) is 0 Å². The first-order chi connectivity index (χ1) is 17.9. The van der Waals surface area contributed by atoms with Gasteiger partial charge in [0.05, 0.1) is 0 Å². The third-order valence-electron chi connectivity index (χ3n) is 6.25. The number of carbonyl (C=O) groups excluding carboxylic acids is 3. The lowest BCUT2D eigenvalue weighted by Gasteiger charge is -2.38. The Balaban J connectivity index is 1.67. The molecule has 1 aliphatic rings. The SMILES string of the molecule is C=CC(=O)NCCCC[C@@H](C(=O)N1CCN(C(=O)c2ccccn2)CC1)N(Cc1ccccc1)C(=O)O. The Bertz CT molecular complexity index is 1070. The second-order valence-corrected chi connectivity index (χ2v) is 8.74. The fraction of sp³-hybridized carbons (Fsp3) is 0.370. The molecule has 10 heteroatoms. The number of benzene rings is 1. The smallest absolute Gasteiger partial charge is 0.408 e. The van der Waals surface area contributed by atoms with Crippen LogP contribution in [0.1, 0.15) is 35.3 Å². The van der Waals surface area contributed by atoms with Crippen molar-refractivity contribution in [2.75, 3.05) is 32.7 Å². The molecule has 1 aromatic carbocycles. The Morgan fingerprint density at radius 3 is 2.30 bits per heavy atom. The van der Waals surface area contributed by atoms with E-state index in [0.717, 1.165) is 5.56 Å². The van der Waals surface area contributed by atoms with E-state index in [2.05, 4.69) is 16.9 Å². The number of amides is 4. The first kappa shape index (κ1) is 27.4. The van der Waals surface area contributed by atoms with Crippen LogP contribution in [0, 0.1) is 0 Å². The fourth-order valence-corrected chi connectivity index (χ4v) is 4.24. The predicted molar refractivity (Wildman–Crippen MR) is 138 cm³/mol. The maximum absolute atomic E-state index is 13.6. The number of hydrogen-bond acceptors (Lipinski definition) is 5. The van der Waals surface area contributed by atoms with Crippen molar-refractivity contribution < 1.29 is 24.3 Å². The summed E-state index contributed by atoms with van der Waals surface area (Å²) in [5.41, 5.74) is 1.13. The van der Waals surface area contributed by atoms with Crippen molar-refractivity contribution in [1.29, 1.82) is 0 Å². The number of carbonyl (C=O) groups is 4. The molecule has 2 aromatic rings. The average molecular weight is 508 g/mol. The molecule has 0 saturated carbocycles. The Hall–Kier alpha value is -4.21. The van der Waals surface area contributed by atoms with Gasteiger partial charge in [0.15, 0.2) is 0 Å². The lowest BCUT2D eigenvalue weighted by atomic mass is 10.0. The number of rotatable bonds is 11. The minimum atomic E-state index is -1.17. The van der Waals surface area contributed by atoms with Gasteiger partial charge in [0.1, 0.15) is 11.7 Å². The van der Waals surface area contributed by atoms with Crippen molar-refractivity contribution >= 4 is 23.8 Å². The predicted octanol–water partition coefficient (Wildman–Crippen LogP) is 2.39. The van der Waals surface area contributed by atoms with Crippen LogP contribution in [0.15, 0.2) is 67.4 Å². The molecule has 1 saturated heterocycles. The molecule has 0 spiro atoms. The van der Waals surface area contributed by atoms with Gasteiger partial charge < -0.3 is 20.2 Å². The van der Waals surface area contributed by atoms with E-state index in [1.165, 1.54) is 11.0 Å². The van der Waals surface area contributed by atoms with Crippen LogP contribution >= 0.6 is 0 Å². The molecule has 0 bridgehead atoms. The van der Waals surface area contributed by atoms with E-state index in [9.17, 15) is 24.3 Å². The zero-order valence-electron chi connectivity index (χ0n) is 20.8. The molecule has 0 unspecified atom stereocenters. The summed E-state index contributed by atoms with van der Waals surface area (Å²) < 4.78 is 0. The van der Waals surface area contributed by atoms with Crippen LogP contribution in [0.4, 0.5) is 4.79 Å². The molecule has 10 nitrogen and oxygen atoms in total. The van der Waals surface area contributed by atoms with Crippen LogP contribution in [0.5, 0.6) is 0 Å². The third-order valence-corrected chi connectivity index (χ3v) is 6.25. The highest BCUT2D eigenvalue weighted by Gasteiger charge is 2.35. The lowest BCUT2D eigenvalue weighted by Crippen LogP contribution is -2.56. The molecule has 0 radical (unpaired) electrons. The quantitative estimate of drug-likeness (QED) is 0.356. The molecule has 2 heterocycles. The number of hydrogen-bond donors (Lipinski definition) is 2. The van der Waals surface area contributed by atoms with E-state index < -0.39 is 12.1 Å². The normalized spacial score (nSPS) is 13.9. The third kappa shape index (κ3) is 7.89. The van der Waals surface area contributed by atoms with Gasteiger partial charge in [-0.15, -0.1) is 0 Å². The monoisotopic (exact) mass is 507 g/mol. The van der Waals surface area contributed by atoms with E-state index >= 15 is 0 Å². The van der Waals surface area contributed by atoms with E-state index in [0.29, 0.717) is 57.7 Å². The van der Waals surface area contributed by atoms with Crippen LogP contribution in [-0.2, 0) is 16.1 Å². The fourth-order valence-electron chi connectivity index (χ4n) is 4.24. The van der Waals surface area contributed by atoms with Gasteiger partial charge in [-0.2, -0.15) is 0 Å². The Labute approximate surface area is 216 Å². The summed E-state index contributed by atoms with van der Waals surface area (Å²) in [6.45, 7) is 5.20. The average Bonchev–Trinajstić information content (AvgIpc) is 2.94. The molecule has 196 valence electrons. The maximum Gasteiger partial charge on any atom is 0.408 e. The highest BCUT2D eigenvalue weighted by atomic mass is 16.4. The van der Waals surface area contributed by atoms with Crippen LogP contribution in [0.2, 0.25) is 0 Å². The van der Waals surface area contributed by atoms with Gasteiger partial charge in [0.25, 0.3) is 5.91 Å². The number of carboxylic acid groups (broad SMARTS) is 1. The van der Waals surface area contributed by atoms with Gasteiger partial charge in [-0.3, -0.25) is 24.3 Å². The maximum atomic E-state index is 13.6. The summed E-state index contributed by atoms with van der Waals surface area (Å²) in [5.74, 6) is -0.748. The van der Waals surface area contributed by atoms with Crippen LogP contribution < -0.4 is 5.32 Å². The lowest BCUT2D eigenvalue weighted by molar-refractivity contribution is -0.138. The topological polar surface area (TPSA) is 123 Å². The van der Waals surface area contributed by atoms with Gasteiger partial charge in [0, 0.05) is 45.5 Å². The van der Waals surface area contributed by atoms with E-state index in [1.54, 1.807) is 34.2 Å². The molecule has 2 N–H and O–H groups in total. The Kier molecular flexibility index (Phi) is 10.2. The van der Waals surface area contributed by atoms with Crippen molar-refractivity contribution in [3.8, 4) is 0 Å². The number of unbranched alkanes of at least 4 members (excludes halogenated alkanes) is 1. The molecule has 1 atom stereocenters. The van der Waals surface area contributed by atoms with Crippen molar-refractivity contribution in [3.63, 3.8) is 0 Å².